The van der Waals surface area contributed by atoms with E-state index in [0.29, 0.717) is 19.0 Å². The predicted molar refractivity (Wildman–Crippen MR) is 67.6 cm³/mol. The first-order valence-corrected chi connectivity index (χ1v) is 5.72. The molecule has 0 aliphatic carbocycles. The van der Waals surface area contributed by atoms with Crippen LogP contribution in [0.25, 0.3) is 0 Å². The SMILES string of the molecule is CCNC(=NCCC(=O)N(C)C)NC(C)C. The molecule has 94 valence electrons. The van der Waals surface area contributed by atoms with E-state index in [1.807, 2.05) is 6.92 Å². The molecule has 0 fully saturated rings. The molecule has 0 aromatic carbocycles. The molecule has 1 amide bonds. The zero-order chi connectivity index (χ0) is 12.6. The Morgan fingerprint density at radius 2 is 2.00 bits per heavy atom. The zero-order valence-corrected chi connectivity index (χ0v) is 11.0. The summed E-state index contributed by atoms with van der Waals surface area (Å²) in [6, 6.07) is 0.336. The van der Waals surface area contributed by atoms with Crippen LogP contribution < -0.4 is 10.6 Å². The minimum Gasteiger partial charge on any atom is -0.357 e. The summed E-state index contributed by atoms with van der Waals surface area (Å²) in [6.45, 7) is 7.46. The van der Waals surface area contributed by atoms with Crippen LogP contribution in [0.3, 0.4) is 0 Å². The molecule has 0 bridgehead atoms. The van der Waals surface area contributed by atoms with Gasteiger partial charge < -0.3 is 15.5 Å². The number of rotatable bonds is 5. The summed E-state index contributed by atoms with van der Waals surface area (Å²) < 4.78 is 0. The Hall–Kier alpha value is -1.26. The van der Waals surface area contributed by atoms with Gasteiger partial charge in [-0.3, -0.25) is 9.79 Å². The van der Waals surface area contributed by atoms with E-state index in [1.54, 1.807) is 19.0 Å². The third kappa shape index (κ3) is 7.09. The fourth-order valence-electron chi connectivity index (χ4n) is 1.08. The highest BCUT2D eigenvalue weighted by Crippen LogP contribution is 1.88. The van der Waals surface area contributed by atoms with Gasteiger partial charge in [0, 0.05) is 33.1 Å². The van der Waals surface area contributed by atoms with Crippen molar-refractivity contribution in [1.29, 1.82) is 0 Å². The van der Waals surface area contributed by atoms with Crippen LogP contribution in [0.4, 0.5) is 0 Å². The largest absolute Gasteiger partial charge is 0.357 e. The van der Waals surface area contributed by atoms with Gasteiger partial charge in [0.15, 0.2) is 5.96 Å². The fraction of sp³-hybridized carbons (Fsp3) is 0.818. The summed E-state index contributed by atoms with van der Waals surface area (Å²) in [4.78, 5) is 17.2. The number of hydrogen-bond acceptors (Lipinski definition) is 2. The average molecular weight is 228 g/mol. The van der Waals surface area contributed by atoms with Crippen molar-refractivity contribution in [2.24, 2.45) is 4.99 Å². The highest BCUT2D eigenvalue weighted by atomic mass is 16.2. The van der Waals surface area contributed by atoms with Gasteiger partial charge >= 0.3 is 0 Å². The van der Waals surface area contributed by atoms with Gasteiger partial charge in [-0.2, -0.15) is 0 Å². The van der Waals surface area contributed by atoms with Crippen LogP contribution in [0.2, 0.25) is 0 Å². The molecule has 2 N–H and O–H groups in total. The van der Waals surface area contributed by atoms with Gasteiger partial charge in [0.2, 0.25) is 5.91 Å². The number of hydrogen-bond donors (Lipinski definition) is 2. The van der Waals surface area contributed by atoms with Crippen molar-refractivity contribution in [1.82, 2.24) is 15.5 Å². The lowest BCUT2D eigenvalue weighted by Crippen LogP contribution is -2.41. The normalized spacial score (nSPS) is 11.5. The zero-order valence-electron chi connectivity index (χ0n) is 11.0. The molecule has 0 rings (SSSR count). The van der Waals surface area contributed by atoms with Gasteiger partial charge in [0.25, 0.3) is 0 Å². The van der Waals surface area contributed by atoms with Crippen molar-refractivity contribution in [2.75, 3.05) is 27.2 Å². The molecule has 0 aliphatic rings. The summed E-state index contributed by atoms with van der Waals surface area (Å²) in [6.07, 6.45) is 0.446. The Kier molecular flexibility index (Phi) is 7.33. The van der Waals surface area contributed by atoms with E-state index in [0.717, 1.165) is 12.5 Å². The minimum absolute atomic E-state index is 0.101. The predicted octanol–water partition coefficient (Wildman–Crippen LogP) is 0.428. The summed E-state index contributed by atoms with van der Waals surface area (Å²) >= 11 is 0. The van der Waals surface area contributed by atoms with Crippen molar-refractivity contribution >= 4 is 11.9 Å². The fourth-order valence-corrected chi connectivity index (χ4v) is 1.08. The van der Waals surface area contributed by atoms with Crippen LogP contribution in [0.5, 0.6) is 0 Å². The first-order valence-electron chi connectivity index (χ1n) is 5.72. The molecule has 0 heterocycles. The Bertz CT molecular complexity index is 236. The van der Waals surface area contributed by atoms with Crippen LogP contribution >= 0.6 is 0 Å². The van der Waals surface area contributed by atoms with Crippen LogP contribution in [-0.2, 0) is 4.79 Å². The van der Waals surface area contributed by atoms with Crippen molar-refractivity contribution in [2.45, 2.75) is 33.2 Å². The Balaban J connectivity index is 4.07. The highest BCUT2D eigenvalue weighted by molar-refractivity contribution is 5.80. The van der Waals surface area contributed by atoms with E-state index in [4.69, 9.17) is 0 Å². The topological polar surface area (TPSA) is 56.7 Å². The third-order valence-corrected chi connectivity index (χ3v) is 1.86. The Morgan fingerprint density at radius 1 is 1.38 bits per heavy atom. The van der Waals surface area contributed by atoms with E-state index < -0.39 is 0 Å². The van der Waals surface area contributed by atoms with Crippen LogP contribution in [0, 0.1) is 0 Å². The second-order valence-corrected chi connectivity index (χ2v) is 4.10. The maximum atomic E-state index is 11.3. The van der Waals surface area contributed by atoms with E-state index in [1.165, 1.54) is 0 Å². The van der Waals surface area contributed by atoms with Crippen molar-refractivity contribution in [3.63, 3.8) is 0 Å². The number of carbonyl (C=O) groups is 1. The second kappa shape index (κ2) is 7.96. The summed E-state index contributed by atoms with van der Waals surface area (Å²) in [7, 11) is 3.51. The third-order valence-electron chi connectivity index (χ3n) is 1.86. The van der Waals surface area contributed by atoms with E-state index in [2.05, 4.69) is 29.5 Å². The second-order valence-electron chi connectivity index (χ2n) is 4.10. The van der Waals surface area contributed by atoms with Gasteiger partial charge in [0.1, 0.15) is 0 Å². The first-order chi connectivity index (χ1) is 7.47. The molecule has 0 radical (unpaired) electrons. The molecule has 0 saturated carbocycles. The number of carbonyl (C=O) groups excluding carboxylic acids is 1. The molecular weight excluding hydrogens is 204 g/mol. The monoisotopic (exact) mass is 228 g/mol. The lowest BCUT2D eigenvalue weighted by molar-refractivity contribution is -0.128. The van der Waals surface area contributed by atoms with Crippen LogP contribution in [-0.4, -0.2) is 50.0 Å². The van der Waals surface area contributed by atoms with Crippen molar-refractivity contribution < 1.29 is 4.79 Å². The summed E-state index contributed by atoms with van der Waals surface area (Å²) in [5.41, 5.74) is 0. The molecular formula is C11H24N4O. The molecule has 5 heteroatoms. The molecule has 16 heavy (non-hydrogen) atoms. The van der Waals surface area contributed by atoms with Gasteiger partial charge in [-0.1, -0.05) is 0 Å². The van der Waals surface area contributed by atoms with Gasteiger partial charge in [-0.25, -0.2) is 0 Å². The Morgan fingerprint density at radius 3 is 2.44 bits per heavy atom. The number of nitrogens with zero attached hydrogens (tertiary/aromatic N) is 2. The maximum absolute atomic E-state index is 11.3. The number of guanidine groups is 1. The Labute approximate surface area is 98.3 Å². The molecule has 0 unspecified atom stereocenters. The summed E-state index contributed by atoms with van der Waals surface area (Å²) in [5.74, 6) is 0.869. The molecule has 0 atom stereocenters. The van der Waals surface area contributed by atoms with Gasteiger partial charge in [-0.05, 0) is 20.8 Å². The van der Waals surface area contributed by atoms with Gasteiger partial charge in [0.05, 0.1) is 6.54 Å². The number of amides is 1. The highest BCUT2D eigenvalue weighted by Gasteiger charge is 2.03. The van der Waals surface area contributed by atoms with E-state index >= 15 is 0 Å². The maximum Gasteiger partial charge on any atom is 0.223 e. The molecule has 0 aliphatic heterocycles. The van der Waals surface area contributed by atoms with Crippen molar-refractivity contribution in [3.05, 3.63) is 0 Å². The first kappa shape index (κ1) is 14.7. The van der Waals surface area contributed by atoms with E-state index in [-0.39, 0.29) is 5.91 Å². The number of aliphatic imine (C=N–C) groups is 1. The van der Waals surface area contributed by atoms with Crippen LogP contribution in [0.1, 0.15) is 27.2 Å². The van der Waals surface area contributed by atoms with E-state index in [9.17, 15) is 4.79 Å². The molecule has 0 saturated heterocycles. The molecule has 0 aromatic heterocycles. The standard InChI is InChI=1S/C11H24N4O/c1-6-12-11(14-9(2)3)13-8-7-10(16)15(4)5/h9H,6-8H2,1-5H3,(H2,12,13,14). The summed E-state index contributed by atoms with van der Waals surface area (Å²) in [5, 5.41) is 6.33. The van der Waals surface area contributed by atoms with Crippen molar-refractivity contribution in [3.8, 4) is 0 Å². The smallest absolute Gasteiger partial charge is 0.223 e. The quantitative estimate of drug-likeness (QED) is 0.530. The molecule has 5 nitrogen and oxygen atoms in total. The minimum atomic E-state index is 0.101. The lowest BCUT2D eigenvalue weighted by Gasteiger charge is -2.14. The molecule has 0 spiro atoms. The average Bonchev–Trinajstić information content (AvgIpc) is 2.16. The molecule has 0 aromatic rings. The van der Waals surface area contributed by atoms with Gasteiger partial charge in [-0.15, -0.1) is 0 Å². The number of nitrogens with one attached hydrogen (secondary N) is 2. The van der Waals surface area contributed by atoms with Crippen LogP contribution in [0.15, 0.2) is 4.99 Å². The lowest BCUT2D eigenvalue weighted by atomic mass is 10.4.